The molecule has 2 aromatic carbocycles. The minimum Gasteiger partial charge on any atom is -0.330 e. The van der Waals surface area contributed by atoms with Gasteiger partial charge in [0.25, 0.3) is 5.76 Å². The summed E-state index contributed by atoms with van der Waals surface area (Å²) < 4.78 is 28.6. The molecule has 3 aromatic rings. The summed E-state index contributed by atoms with van der Waals surface area (Å²) in [6, 6.07) is 12.7. The van der Waals surface area contributed by atoms with Crippen molar-refractivity contribution in [2.45, 2.75) is 10.7 Å². The van der Waals surface area contributed by atoms with Crippen molar-refractivity contribution < 1.29 is 8.78 Å². The molecular formula is C14H9BrF2N2S2. The molecule has 0 aliphatic carbocycles. The molecule has 21 heavy (non-hydrogen) atoms. The molecule has 0 unspecified atom stereocenters. The standard InChI is InChI=1S/C14H9BrF2N2S2/c15-8-5-6-9-11(7-8)19(14(20)18-9)10-3-1-2-4-12(10)21-13(16)17/h1-7,13H,(H,18,20). The maximum Gasteiger partial charge on any atom is 0.288 e. The number of para-hydroxylation sites is 1. The maximum absolute atomic E-state index is 12.7. The highest BCUT2D eigenvalue weighted by molar-refractivity contribution is 9.10. The van der Waals surface area contributed by atoms with Crippen LogP contribution in [0.4, 0.5) is 8.78 Å². The lowest BCUT2D eigenvalue weighted by Crippen LogP contribution is -1.97. The molecule has 0 fully saturated rings. The average molecular weight is 387 g/mol. The lowest BCUT2D eigenvalue weighted by Gasteiger charge is -2.10. The van der Waals surface area contributed by atoms with Crippen molar-refractivity contribution in [2.24, 2.45) is 0 Å². The van der Waals surface area contributed by atoms with Gasteiger partial charge in [-0.1, -0.05) is 39.8 Å². The zero-order valence-corrected chi connectivity index (χ0v) is 13.7. The quantitative estimate of drug-likeness (QED) is 0.455. The largest absolute Gasteiger partial charge is 0.330 e. The SMILES string of the molecule is FC(F)Sc1ccccc1-n1c(=S)[nH]c2ccc(Br)cc21. The van der Waals surface area contributed by atoms with E-state index in [1.54, 1.807) is 22.8 Å². The van der Waals surface area contributed by atoms with Crippen LogP contribution < -0.4 is 0 Å². The number of nitrogens with one attached hydrogen (secondary N) is 1. The molecule has 3 rings (SSSR count). The van der Waals surface area contributed by atoms with Gasteiger partial charge in [-0.05, 0) is 42.5 Å². The molecule has 0 atom stereocenters. The molecular weight excluding hydrogens is 378 g/mol. The zero-order valence-electron chi connectivity index (χ0n) is 10.5. The number of rotatable bonds is 3. The molecule has 0 aliphatic rings. The minimum atomic E-state index is -2.47. The average Bonchev–Trinajstić information content (AvgIpc) is 2.74. The summed E-state index contributed by atoms with van der Waals surface area (Å²) in [5.74, 6) is -2.47. The van der Waals surface area contributed by atoms with Crippen molar-refractivity contribution in [3.63, 3.8) is 0 Å². The number of aromatic nitrogens is 2. The summed E-state index contributed by atoms with van der Waals surface area (Å²) in [4.78, 5) is 3.58. The highest BCUT2D eigenvalue weighted by Gasteiger charge is 2.14. The van der Waals surface area contributed by atoms with Crippen LogP contribution in [0.2, 0.25) is 0 Å². The Morgan fingerprint density at radius 1 is 1.19 bits per heavy atom. The third-order valence-electron chi connectivity index (χ3n) is 2.97. The van der Waals surface area contributed by atoms with Gasteiger partial charge in [0.05, 0.1) is 16.7 Å². The van der Waals surface area contributed by atoms with Crippen LogP contribution in [-0.2, 0) is 0 Å². The van der Waals surface area contributed by atoms with E-state index in [4.69, 9.17) is 12.2 Å². The third kappa shape index (κ3) is 2.90. The molecule has 0 saturated heterocycles. The molecule has 1 aromatic heterocycles. The number of alkyl halides is 2. The van der Waals surface area contributed by atoms with Crippen LogP contribution in [0.1, 0.15) is 0 Å². The number of fused-ring (bicyclic) bond motifs is 1. The smallest absolute Gasteiger partial charge is 0.288 e. The van der Waals surface area contributed by atoms with Gasteiger partial charge in [0, 0.05) is 9.37 Å². The monoisotopic (exact) mass is 386 g/mol. The second-order valence-electron chi connectivity index (χ2n) is 4.27. The molecule has 0 saturated carbocycles. The molecule has 0 bridgehead atoms. The van der Waals surface area contributed by atoms with E-state index < -0.39 is 5.76 Å². The Kier molecular flexibility index (Phi) is 4.14. The number of H-pyrrole nitrogens is 1. The van der Waals surface area contributed by atoms with Gasteiger partial charge in [-0.15, -0.1) is 0 Å². The van der Waals surface area contributed by atoms with Crippen LogP contribution >= 0.6 is 39.9 Å². The molecule has 2 nitrogen and oxygen atoms in total. The van der Waals surface area contributed by atoms with Gasteiger partial charge in [0.1, 0.15) is 0 Å². The Bertz CT molecular complexity index is 858. The van der Waals surface area contributed by atoms with E-state index in [9.17, 15) is 8.78 Å². The van der Waals surface area contributed by atoms with E-state index in [1.165, 1.54) is 0 Å². The Morgan fingerprint density at radius 3 is 2.71 bits per heavy atom. The van der Waals surface area contributed by atoms with Crippen molar-refractivity contribution in [3.8, 4) is 5.69 Å². The number of aromatic amines is 1. The van der Waals surface area contributed by atoms with Gasteiger partial charge >= 0.3 is 0 Å². The van der Waals surface area contributed by atoms with Crippen molar-refractivity contribution in [3.05, 3.63) is 51.7 Å². The predicted molar refractivity (Wildman–Crippen MR) is 88.0 cm³/mol. The summed E-state index contributed by atoms with van der Waals surface area (Å²) >= 11 is 9.29. The van der Waals surface area contributed by atoms with Crippen molar-refractivity contribution >= 4 is 50.9 Å². The highest BCUT2D eigenvalue weighted by Crippen LogP contribution is 2.33. The van der Waals surface area contributed by atoms with Gasteiger partial charge in [-0.3, -0.25) is 4.57 Å². The van der Waals surface area contributed by atoms with E-state index in [2.05, 4.69) is 20.9 Å². The molecule has 0 amide bonds. The molecule has 0 radical (unpaired) electrons. The third-order valence-corrected chi connectivity index (χ3v) is 4.52. The van der Waals surface area contributed by atoms with Crippen LogP contribution in [0.5, 0.6) is 0 Å². The highest BCUT2D eigenvalue weighted by atomic mass is 79.9. The zero-order chi connectivity index (χ0) is 15.0. The van der Waals surface area contributed by atoms with E-state index in [0.29, 0.717) is 27.1 Å². The number of hydrogen-bond acceptors (Lipinski definition) is 2. The first-order chi connectivity index (χ1) is 10.1. The van der Waals surface area contributed by atoms with Gasteiger partial charge in [-0.2, -0.15) is 8.78 Å². The van der Waals surface area contributed by atoms with Gasteiger partial charge < -0.3 is 4.98 Å². The van der Waals surface area contributed by atoms with Crippen LogP contribution in [0, 0.1) is 4.77 Å². The second-order valence-corrected chi connectivity index (χ2v) is 6.61. The number of imidazole rings is 1. The summed E-state index contributed by atoms with van der Waals surface area (Å²) in [5, 5.41) is 0. The summed E-state index contributed by atoms with van der Waals surface area (Å²) in [7, 11) is 0. The molecule has 0 spiro atoms. The Labute approximate surface area is 137 Å². The van der Waals surface area contributed by atoms with E-state index >= 15 is 0 Å². The first kappa shape index (κ1) is 14.7. The predicted octanol–water partition coefficient (Wildman–Crippen LogP) is 5.77. The minimum absolute atomic E-state index is 0.477. The number of nitrogens with zero attached hydrogens (tertiary/aromatic N) is 1. The topological polar surface area (TPSA) is 20.7 Å². The summed E-state index contributed by atoms with van der Waals surface area (Å²) in [6.07, 6.45) is 0. The van der Waals surface area contributed by atoms with Crippen LogP contribution in [0.3, 0.4) is 0 Å². The maximum atomic E-state index is 12.7. The van der Waals surface area contributed by atoms with Crippen molar-refractivity contribution in [2.75, 3.05) is 0 Å². The summed E-state index contributed by atoms with van der Waals surface area (Å²) in [5.41, 5.74) is 2.36. The van der Waals surface area contributed by atoms with E-state index in [0.717, 1.165) is 15.5 Å². The van der Waals surface area contributed by atoms with Crippen molar-refractivity contribution in [1.29, 1.82) is 0 Å². The number of halogens is 3. The van der Waals surface area contributed by atoms with E-state index in [-0.39, 0.29) is 0 Å². The fourth-order valence-corrected chi connectivity index (χ4v) is 3.44. The molecule has 7 heteroatoms. The lowest BCUT2D eigenvalue weighted by atomic mass is 10.3. The molecule has 1 N–H and O–H groups in total. The van der Waals surface area contributed by atoms with Gasteiger partial charge in [0.2, 0.25) is 0 Å². The first-order valence-corrected chi connectivity index (χ1v) is 8.09. The fourth-order valence-electron chi connectivity index (χ4n) is 2.15. The first-order valence-electron chi connectivity index (χ1n) is 6.01. The summed E-state index contributed by atoms with van der Waals surface area (Å²) in [6.45, 7) is 0. The number of benzene rings is 2. The van der Waals surface area contributed by atoms with Crippen LogP contribution in [-0.4, -0.2) is 15.3 Å². The van der Waals surface area contributed by atoms with Gasteiger partial charge in [-0.25, -0.2) is 0 Å². The van der Waals surface area contributed by atoms with Crippen molar-refractivity contribution in [1.82, 2.24) is 9.55 Å². The molecule has 108 valence electrons. The Morgan fingerprint density at radius 2 is 1.95 bits per heavy atom. The van der Waals surface area contributed by atoms with Crippen LogP contribution in [0.25, 0.3) is 16.7 Å². The second kappa shape index (κ2) is 5.90. The number of hydrogen-bond donors (Lipinski definition) is 1. The van der Waals surface area contributed by atoms with Crippen LogP contribution in [0.15, 0.2) is 51.8 Å². The normalized spacial score (nSPS) is 11.4. The molecule has 0 aliphatic heterocycles. The Balaban J connectivity index is 2.28. The molecule has 1 heterocycles. The lowest BCUT2D eigenvalue weighted by molar-refractivity contribution is 0.252. The van der Waals surface area contributed by atoms with Gasteiger partial charge in [0.15, 0.2) is 4.77 Å². The fraction of sp³-hybridized carbons (Fsp3) is 0.0714. The Hall–Kier alpha value is -1.18. The number of thioether (sulfide) groups is 1. The van der Waals surface area contributed by atoms with E-state index in [1.807, 2.05) is 24.3 Å².